The topological polar surface area (TPSA) is 59.0 Å². The number of hydrogen-bond acceptors (Lipinski definition) is 4. The van der Waals surface area contributed by atoms with Crippen LogP contribution in [0.3, 0.4) is 0 Å². The highest BCUT2D eigenvalue weighted by molar-refractivity contribution is 6.16. The minimum atomic E-state index is -0.660. The number of carbonyl (C=O) groups excluding carboxylic acids is 2. The zero-order valence-corrected chi connectivity index (χ0v) is 17.0. The number of fused-ring (bicyclic) bond motifs is 1. The van der Waals surface area contributed by atoms with E-state index in [1.807, 2.05) is 12.1 Å². The molecular formula is C25H21FN2O3. The zero-order chi connectivity index (χ0) is 21.8. The van der Waals surface area contributed by atoms with Crippen LogP contribution in [0.1, 0.15) is 33.0 Å². The Bertz CT molecular complexity index is 1120. The second kappa shape index (κ2) is 8.92. The second-order valence-corrected chi connectivity index (χ2v) is 7.26. The normalized spacial score (nSPS) is 15.9. The third kappa shape index (κ3) is 4.38. The Morgan fingerprint density at radius 3 is 2.35 bits per heavy atom. The van der Waals surface area contributed by atoms with Gasteiger partial charge in [-0.1, -0.05) is 42.5 Å². The van der Waals surface area contributed by atoms with Crippen LogP contribution in [-0.2, 0) is 17.9 Å². The van der Waals surface area contributed by atoms with Crippen LogP contribution in [0.25, 0.3) is 0 Å². The number of halogens is 1. The number of imide groups is 1. The molecule has 1 heterocycles. The van der Waals surface area contributed by atoms with E-state index < -0.39 is 5.92 Å². The Morgan fingerprint density at radius 1 is 0.968 bits per heavy atom. The first-order valence-corrected chi connectivity index (χ1v) is 9.89. The van der Waals surface area contributed by atoms with Gasteiger partial charge in [0.25, 0.3) is 5.91 Å². The Kier molecular flexibility index (Phi) is 5.89. The molecule has 0 radical (unpaired) electrons. The first kappa shape index (κ1) is 20.5. The van der Waals surface area contributed by atoms with E-state index in [1.165, 1.54) is 17.0 Å². The van der Waals surface area contributed by atoms with Crippen molar-refractivity contribution in [2.45, 2.75) is 19.0 Å². The summed E-state index contributed by atoms with van der Waals surface area (Å²) in [7, 11) is 1.58. The number of amides is 2. The first-order chi connectivity index (χ1) is 15.1. The van der Waals surface area contributed by atoms with Gasteiger partial charge in [-0.05, 0) is 47.0 Å². The van der Waals surface area contributed by atoms with Gasteiger partial charge in [0.2, 0.25) is 5.91 Å². The molecule has 0 saturated carbocycles. The summed E-state index contributed by atoms with van der Waals surface area (Å²) in [5.41, 5.74) is 2.80. The molecule has 3 aromatic rings. The van der Waals surface area contributed by atoms with E-state index >= 15 is 0 Å². The van der Waals surface area contributed by atoms with Crippen molar-refractivity contribution in [2.24, 2.45) is 4.99 Å². The van der Waals surface area contributed by atoms with Gasteiger partial charge in [-0.2, -0.15) is 0 Å². The predicted molar refractivity (Wildman–Crippen MR) is 116 cm³/mol. The highest BCUT2D eigenvalue weighted by Crippen LogP contribution is 2.30. The average Bonchev–Trinajstić information content (AvgIpc) is 2.80. The van der Waals surface area contributed by atoms with Gasteiger partial charge in [0.15, 0.2) is 0 Å². The van der Waals surface area contributed by atoms with Crippen molar-refractivity contribution < 1.29 is 18.7 Å². The van der Waals surface area contributed by atoms with Crippen molar-refractivity contribution >= 4 is 18.0 Å². The molecule has 156 valence electrons. The monoisotopic (exact) mass is 416 g/mol. The number of benzene rings is 3. The molecular weight excluding hydrogens is 395 g/mol. The summed E-state index contributed by atoms with van der Waals surface area (Å²) in [6, 6.07) is 20.4. The standard InChI is InChI=1S/C25H21FN2O3/c1-31-20-12-8-18(9-13-20)16-28-24(29)22-5-3-2-4-21(22)23(25(28)30)15-27-14-17-6-10-19(26)11-7-17/h2-13,15,23H,14,16H2,1H3/t23-/m0/s1. The molecule has 1 aliphatic heterocycles. The molecule has 2 amide bonds. The molecule has 5 nitrogen and oxygen atoms in total. The number of nitrogens with zero attached hydrogens (tertiary/aromatic N) is 2. The highest BCUT2D eigenvalue weighted by atomic mass is 19.1. The molecule has 3 aromatic carbocycles. The fraction of sp³-hybridized carbons (Fsp3) is 0.160. The lowest BCUT2D eigenvalue weighted by Gasteiger charge is -2.31. The van der Waals surface area contributed by atoms with E-state index in [9.17, 15) is 14.0 Å². The number of carbonyl (C=O) groups is 2. The molecule has 0 saturated heterocycles. The largest absolute Gasteiger partial charge is 0.497 e. The highest BCUT2D eigenvalue weighted by Gasteiger charge is 2.37. The Balaban J connectivity index is 1.59. The predicted octanol–water partition coefficient (Wildman–Crippen LogP) is 4.37. The number of aliphatic imine (C=N–C) groups is 1. The molecule has 0 fully saturated rings. The molecule has 0 N–H and O–H groups in total. The average molecular weight is 416 g/mol. The van der Waals surface area contributed by atoms with E-state index in [0.717, 1.165) is 11.1 Å². The van der Waals surface area contributed by atoms with E-state index in [2.05, 4.69) is 4.99 Å². The van der Waals surface area contributed by atoms with Crippen molar-refractivity contribution in [1.82, 2.24) is 4.90 Å². The molecule has 6 heteroatoms. The van der Waals surface area contributed by atoms with E-state index in [0.29, 0.717) is 23.4 Å². The lowest BCUT2D eigenvalue weighted by atomic mass is 9.89. The number of ether oxygens (including phenoxy) is 1. The molecule has 1 aliphatic rings. The van der Waals surface area contributed by atoms with Gasteiger partial charge >= 0.3 is 0 Å². The van der Waals surface area contributed by atoms with Crippen LogP contribution in [0.15, 0.2) is 77.8 Å². The molecule has 0 spiro atoms. The van der Waals surface area contributed by atoms with Crippen LogP contribution in [0.2, 0.25) is 0 Å². The first-order valence-electron chi connectivity index (χ1n) is 9.89. The number of rotatable bonds is 6. The zero-order valence-electron chi connectivity index (χ0n) is 17.0. The van der Waals surface area contributed by atoms with Crippen molar-refractivity contribution in [3.8, 4) is 5.75 Å². The van der Waals surface area contributed by atoms with Crippen LogP contribution in [-0.4, -0.2) is 30.0 Å². The van der Waals surface area contributed by atoms with Gasteiger partial charge in [-0.3, -0.25) is 19.5 Å². The Hall–Kier alpha value is -3.80. The quantitative estimate of drug-likeness (QED) is 0.443. The maximum atomic E-state index is 13.3. The van der Waals surface area contributed by atoms with Crippen molar-refractivity contribution in [3.05, 3.63) is 101 Å². The van der Waals surface area contributed by atoms with Crippen LogP contribution >= 0.6 is 0 Å². The maximum absolute atomic E-state index is 13.3. The molecule has 0 bridgehead atoms. The summed E-state index contributed by atoms with van der Waals surface area (Å²) < 4.78 is 18.3. The Morgan fingerprint density at radius 2 is 1.65 bits per heavy atom. The summed E-state index contributed by atoms with van der Waals surface area (Å²) in [4.78, 5) is 32.0. The van der Waals surface area contributed by atoms with Crippen molar-refractivity contribution in [2.75, 3.05) is 7.11 Å². The van der Waals surface area contributed by atoms with Gasteiger partial charge in [0.1, 0.15) is 11.6 Å². The number of hydrogen-bond donors (Lipinski definition) is 0. The molecule has 0 unspecified atom stereocenters. The van der Waals surface area contributed by atoms with Gasteiger partial charge in [-0.15, -0.1) is 0 Å². The minimum Gasteiger partial charge on any atom is -0.497 e. The van der Waals surface area contributed by atoms with Gasteiger partial charge < -0.3 is 4.74 Å². The van der Waals surface area contributed by atoms with E-state index in [-0.39, 0.29) is 24.2 Å². The van der Waals surface area contributed by atoms with Crippen LogP contribution in [0.5, 0.6) is 5.75 Å². The third-order valence-corrected chi connectivity index (χ3v) is 5.24. The van der Waals surface area contributed by atoms with Crippen LogP contribution in [0, 0.1) is 5.82 Å². The summed E-state index contributed by atoms with van der Waals surface area (Å²) >= 11 is 0. The lowest BCUT2D eigenvalue weighted by Crippen LogP contribution is -2.44. The second-order valence-electron chi connectivity index (χ2n) is 7.26. The SMILES string of the molecule is COc1ccc(CN2C(=O)c3ccccc3[C@H](C=NCc3ccc(F)cc3)C2=O)cc1. The summed E-state index contributed by atoms with van der Waals surface area (Å²) in [5.74, 6) is -0.900. The van der Waals surface area contributed by atoms with Gasteiger partial charge in [0, 0.05) is 11.8 Å². The molecule has 4 rings (SSSR count). The van der Waals surface area contributed by atoms with E-state index in [1.54, 1.807) is 61.9 Å². The van der Waals surface area contributed by atoms with Crippen molar-refractivity contribution in [1.29, 1.82) is 0 Å². The molecule has 1 atom stereocenters. The van der Waals surface area contributed by atoms with Crippen LogP contribution in [0.4, 0.5) is 4.39 Å². The fourth-order valence-electron chi connectivity index (χ4n) is 3.57. The summed E-state index contributed by atoms with van der Waals surface area (Å²) in [6.45, 7) is 0.483. The fourth-order valence-corrected chi connectivity index (χ4v) is 3.57. The molecule has 31 heavy (non-hydrogen) atoms. The van der Waals surface area contributed by atoms with Gasteiger partial charge in [-0.25, -0.2) is 4.39 Å². The molecule has 0 aliphatic carbocycles. The lowest BCUT2D eigenvalue weighted by molar-refractivity contribution is -0.129. The summed E-state index contributed by atoms with van der Waals surface area (Å²) in [6.07, 6.45) is 1.58. The maximum Gasteiger partial charge on any atom is 0.261 e. The summed E-state index contributed by atoms with van der Waals surface area (Å²) in [5, 5.41) is 0. The number of methoxy groups -OCH3 is 1. The van der Waals surface area contributed by atoms with Gasteiger partial charge in [0.05, 0.1) is 26.1 Å². The third-order valence-electron chi connectivity index (χ3n) is 5.24. The van der Waals surface area contributed by atoms with Crippen LogP contribution < -0.4 is 4.74 Å². The van der Waals surface area contributed by atoms with Crippen molar-refractivity contribution in [3.63, 3.8) is 0 Å². The molecule has 0 aromatic heterocycles. The smallest absolute Gasteiger partial charge is 0.261 e. The minimum absolute atomic E-state index is 0.165. The Labute approximate surface area is 179 Å². The van der Waals surface area contributed by atoms with E-state index in [4.69, 9.17) is 4.74 Å².